The van der Waals surface area contributed by atoms with E-state index in [2.05, 4.69) is 10.2 Å². The van der Waals surface area contributed by atoms with E-state index in [0.29, 0.717) is 10.8 Å². The quantitative estimate of drug-likeness (QED) is 0.851. The molecule has 6 nitrogen and oxygen atoms in total. The summed E-state index contributed by atoms with van der Waals surface area (Å²) in [5.41, 5.74) is 0.399. The van der Waals surface area contributed by atoms with Crippen molar-refractivity contribution in [2.75, 3.05) is 5.75 Å². The van der Waals surface area contributed by atoms with Crippen LogP contribution in [-0.4, -0.2) is 31.6 Å². The normalized spacial score (nSPS) is 10.1. The fourth-order valence-electron chi connectivity index (χ4n) is 1.38. The minimum Gasteiger partial charge on any atom is -0.481 e. The van der Waals surface area contributed by atoms with E-state index in [9.17, 15) is 9.18 Å². The number of thioether (sulfide) groups is 1. The molecule has 0 bridgehead atoms. The van der Waals surface area contributed by atoms with Crippen molar-refractivity contribution in [3.8, 4) is 11.8 Å². The van der Waals surface area contributed by atoms with Gasteiger partial charge >= 0.3 is 5.97 Å². The maximum absolute atomic E-state index is 13.2. The third-order valence-corrected chi connectivity index (χ3v) is 3.12. The van der Waals surface area contributed by atoms with Gasteiger partial charge in [0.2, 0.25) is 0 Å². The van der Waals surface area contributed by atoms with Crippen LogP contribution in [0.5, 0.6) is 0 Å². The standard InChI is InChI=1S/C11H7FN4O2S/c12-9-2-1-8(3-7(9)4-13)16-6-14-15-11(16)19-5-10(17)18/h1-3,6H,5H2,(H,17,18). The second-order valence-electron chi connectivity index (χ2n) is 3.44. The second-order valence-corrected chi connectivity index (χ2v) is 4.38. The summed E-state index contributed by atoms with van der Waals surface area (Å²) in [5, 5.41) is 25.2. The van der Waals surface area contributed by atoms with Crippen LogP contribution < -0.4 is 0 Å². The molecule has 0 spiro atoms. The highest BCUT2D eigenvalue weighted by atomic mass is 32.2. The molecule has 1 aromatic heterocycles. The fraction of sp³-hybridized carbons (Fsp3) is 0.0909. The van der Waals surface area contributed by atoms with E-state index in [4.69, 9.17) is 10.4 Å². The molecule has 19 heavy (non-hydrogen) atoms. The first-order valence-corrected chi connectivity index (χ1v) is 6.05. The van der Waals surface area contributed by atoms with Crippen LogP contribution in [0, 0.1) is 17.1 Å². The van der Waals surface area contributed by atoms with Gasteiger partial charge in [-0.3, -0.25) is 9.36 Å². The molecular formula is C11H7FN4O2S. The van der Waals surface area contributed by atoms with Crippen molar-refractivity contribution in [2.24, 2.45) is 0 Å². The average molecular weight is 278 g/mol. The zero-order valence-electron chi connectivity index (χ0n) is 9.45. The number of hydrogen-bond acceptors (Lipinski definition) is 5. The molecule has 0 radical (unpaired) electrons. The predicted octanol–water partition coefficient (Wildman–Crippen LogP) is 1.45. The van der Waals surface area contributed by atoms with E-state index in [-0.39, 0.29) is 11.3 Å². The summed E-state index contributed by atoms with van der Waals surface area (Å²) in [6, 6.07) is 5.72. The van der Waals surface area contributed by atoms with Gasteiger partial charge in [0, 0.05) is 0 Å². The van der Waals surface area contributed by atoms with Crippen molar-refractivity contribution >= 4 is 17.7 Å². The maximum atomic E-state index is 13.2. The number of halogens is 1. The fourth-order valence-corrected chi connectivity index (χ4v) is 2.02. The van der Waals surface area contributed by atoms with E-state index in [1.807, 2.05) is 0 Å². The second kappa shape index (κ2) is 5.49. The van der Waals surface area contributed by atoms with Gasteiger partial charge in [0.25, 0.3) is 0 Å². The molecule has 0 saturated carbocycles. The number of carboxylic acids is 1. The number of carbonyl (C=O) groups is 1. The van der Waals surface area contributed by atoms with Crippen LogP contribution in [0.1, 0.15) is 5.56 Å². The lowest BCUT2D eigenvalue weighted by Gasteiger charge is -2.05. The van der Waals surface area contributed by atoms with E-state index in [1.165, 1.54) is 29.1 Å². The van der Waals surface area contributed by atoms with Gasteiger partial charge in [0.05, 0.1) is 17.0 Å². The Kier molecular flexibility index (Phi) is 3.77. The van der Waals surface area contributed by atoms with Gasteiger partial charge in [-0.25, -0.2) is 4.39 Å². The largest absolute Gasteiger partial charge is 0.481 e. The SMILES string of the molecule is N#Cc1cc(-n2cnnc2SCC(=O)O)ccc1F. The van der Waals surface area contributed by atoms with E-state index in [1.54, 1.807) is 6.07 Å². The first kappa shape index (κ1) is 13.0. The number of aromatic nitrogens is 3. The summed E-state index contributed by atoms with van der Waals surface area (Å²) in [6.07, 6.45) is 1.37. The molecule has 0 fully saturated rings. The molecule has 0 saturated heterocycles. The van der Waals surface area contributed by atoms with Gasteiger partial charge in [0.15, 0.2) is 5.16 Å². The van der Waals surface area contributed by atoms with Crippen molar-refractivity contribution in [3.05, 3.63) is 35.9 Å². The van der Waals surface area contributed by atoms with E-state index < -0.39 is 11.8 Å². The monoisotopic (exact) mass is 278 g/mol. The van der Waals surface area contributed by atoms with Crippen LogP contribution >= 0.6 is 11.8 Å². The third kappa shape index (κ3) is 2.89. The summed E-state index contributed by atoms with van der Waals surface area (Å²) in [4.78, 5) is 10.5. The molecule has 0 atom stereocenters. The van der Waals surface area contributed by atoms with E-state index >= 15 is 0 Å². The number of rotatable bonds is 4. The summed E-state index contributed by atoms with van der Waals surface area (Å²) in [6.45, 7) is 0. The summed E-state index contributed by atoms with van der Waals surface area (Å²) in [7, 11) is 0. The number of hydrogen-bond donors (Lipinski definition) is 1. The van der Waals surface area contributed by atoms with Gasteiger partial charge in [-0.1, -0.05) is 11.8 Å². The zero-order chi connectivity index (χ0) is 13.8. The van der Waals surface area contributed by atoms with Crippen molar-refractivity contribution < 1.29 is 14.3 Å². The molecule has 0 aliphatic carbocycles. The lowest BCUT2D eigenvalue weighted by atomic mass is 10.2. The van der Waals surface area contributed by atoms with Crippen LogP contribution in [-0.2, 0) is 4.79 Å². The molecular weight excluding hydrogens is 271 g/mol. The predicted molar refractivity (Wildman–Crippen MR) is 64.4 cm³/mol. The minimum atomic E-state index is -0.976. The highest BCUT2D eigenvalue weighted by molar-refractivity contribution is 7.99. The Morgan fingerprint density at radius 3 is 3.05 bits per heavy atom. The van der Waals surface area contributed by atoms with E-state index in [0.717, 1.165) is 11.8 Å². The van der Waals surface area contributed by atoms with Crippen molar-refractivity contribution in [3.63, 3.8) is 0 Å². The minimum absolute atomic E-state index is 0.0969. The molecule has 1 N–H and O–H groups in total. The van der Waals surface area contributed by atoms with Gasteiger partial charge in [0.1, 0.15) is 18.2 Å². The number of carboxylic acid groups (broad SMARTS) is 1. The van der Waals surface area contributed by atoms with Crippen LogP contribution in [0.4, 0.5) is 4.39 Å². The number of nitrogens with zero attached hydrogens (tertiary/aromatic N) is 4. The number of benzene rings is 1. The van der Waals surface area contributed by atoms with Crippen LogP contribution in [0.3, 0.4) is 0 Å². The summed E-state index contributed by atoms with van der Waals surface area (Å²) < 4.78 is 14.7. The lowest BCUT2D eigenvalue weighted by molar-refractivity contribution is -0.133. The van der Waals surface area contributed by atoms with Crippen LogP contribution in [0.15, 0.2) is 29.7 Å². The summed E-state index contributed by atoms with van der Waals surface area (Å²) >= 11 is 0.987. The van der Waals surface area contributed by atoms with Crippen molar-refractivity contribution in [2.45, 2.75) is 5.16 Å². The number of nitriles is 1. The highest BCUT2D eigenvalue weighted by Crippen LogP contribution is 2.20. The Bertz CT molecular complexity index is 665. The molecule has 0 amide bonds. The molecule has 2 rings (SSSR count). The zero-order valence-corrected chi connectivity index (χ0v) is 10.3. The highest BCUT2D eigenvalue weighted by Gasteiger charge is 2.11. The maximum Gasteiger partial charge on any atom is 0.313 e. The number of aliphatic carboxylic acids is 1. The molecule has 1 aromatic carbocycles. The summed E-state index contributed by atoms with van der Waals surface area (Å²) in [5.74, 6) is -1.75. The molecule has 2 aromatic rings. The topological polar surface area (TPSA) is 91.8 Å². The molecule has 0 aliphatic rings. The van der Waals surface area contributed by atoms with Crippen LogP contribution in [0.2, 0.25) is 0 Å². The van der Waals surface area contributed by atoms with Crippen molar-refractivity contribution in [1.82, 2.24) is 14.8 Å². The molecule has 96 valence electrons. The first-order chi connectivity index (χ1) is 9.11. The Labute approximate surface area is 111 Å². The smallest absolute Gasteiger partial charge is 0.313 e. The molecule has 1 heterocycles. The molecule has 0 unspecified atom stereocenters. The molecule has 8 heteroatoms. The Balaban J connectivity index is 2.35. The van der Waals surface area contributed by atoms with Crippen LogP contribution in [0.25, 0.3) is 5.69 Å². The Morgan fingerprint density at radius 2 is 2.37 bits per heavy atom. The van der Waals surface area contributed by atoms with Gasteiger partial charge < -0.3 is 5.11 Å². The lowest BCUT2D eigenvalue weighted by Crippen LogP contribution is -2.01. The molecule has 0 aliphatic heterocycles. The third-order valence-electron chi connectivity index (χ3n) is 2.19. The van der Waals surface area contributed by atoms with Gasteiger partial charge in [-0.05, 0) is 18.2 Å². The first-order valence-electron chi connectivity index (χ1n) is 5.06. The average Bonchev–Trinajstić information content (AvgIpc) is 2.85. The Hall–Kier alpha value is -2.40. The Morgan fingerprint density at radius 1 is 1.58 bits per heavy atom. The van der Waals surface area contributed by atoms with Crippen molar-refractivity contribution in [1.29, 1.82) is 5.26 Å². The van der Waals surface area contributed by atoms with Gasteiger partial charge in [-0.2, -0.15) is 5.26 Å². The van der Waals surface area contributed by atoms with Gasteiger partial charge in [-0.15, -0.1) is 10.2 Å².